The Morgan fingerprint density at radius 2 is 1.97 bits per heavy atom. The molecule has 168 valence electrons. The summed E-state index contributed by atoms with van der Waals surface area (Å²) in [6.07, 6.45) is -1.18. The third kappa shape index (κ3) is 3.26. The maximum Gasteiger partial charge on any atom is 0.342 e. The topological polar surface area (TPSA) is 125 Å². The fourth-order valence-electron chi connectivity index (χ4n) is 5.34. The Morgan fingerprint density at radius 3 is 2.61 bits per heavy atom. The van der Waals surface area contributed by atoms with E-state index in [-0.39, 0.29) is 29.8 Å². The molecular weight excluding hydrogens is 408 g/mol. The van der Waals surface area contributed by atoms with Crippen molar-refractivity contribution in [3.05, 3.63) is 23.8 Å². The van der Waals surface area contributed by atoms with Gasteiger partial charge in [-0.2, -0.15) is 0 Å². The highest BCUT2D eigenvalue weighted by Gasteiger charge is 2.63. The molecule has 31 heavy (non-hydrogen) atoms. The second-order valence-electron chi connectivity index (χ2n) is 9.02. The van der Waals surface area contributed by atoms with E-state index in [0.29, 0.717) is 0 Å². The number of esters is 4. The molecule has 1 N–H and O–H groups in total. The molecule has 2 saturated heterocycles. The van der Waals surface area contributed by atoms with E-state index in [1.165, 1.54) is 13.8 Å². The molecule has 0 amide bonds. The molecule has 2 heterocycles. The highest BCUT2D eigenvalue weighted by Crippen LogP contribution is 2.55. The van der Waals surface area contributed by atoms with Crippen LogP contribution in [0.2, 0.25) is 0 Å². The molecule has 4 aliphatic rings. The number of aliphatic hydroxyl groups is 1. The zero-order valence-corrected chi connectivity index (χ0v) is 17.8. The Hall–Kier alpha value is -2.68. The lowest BCUT2D eigenvalue weighted by molar-refractivity contribution is -0.189. The summed E-state index contributed by atoms with van der Waals surface area (Å²) in [7, 11) is 0. The zero-order valence-electron chi connectivity index (χ0n) is 17.8. The van der Waals surface area contributed by atoms with Gasteiger partial charge in [-0.15, -0.1) is 0 Å². The molecule has 0 aromatic heterocycles. The number of ether oxygens (including phenoxy) is 4. The fraction of sp³-hybridized carbons (Fsp3) is 0.636. The number of fused-ring (bicyclic) bond motifs is 2. The molecule has 9 unspecified atom stereocenters. The SMILES string of the molecule is C=C1C(=O)OC2C1C(OC(=O)C(C)(O)C(C)OC(C)=O)CC1C(=O)OC3C=C(C)C2C31. The summed E-state index contributed by atoms with van der Waals surface area (Å²) in [6, 6.07) is 0. The van der Waals surface area contributed by atoms with Crippen molar-refractivity contribution in [1.82, 2.24) is 0 Å². The molecule has 0 spiro atoms. The van der Waals surface area contributed by atoms with Gasteiger partial charge in [-0.05, 0) is 33.3 Å². The number of carbonyl (C=O) groups excluding carboxylic acids is 4. The van der Waals surface area contributed by atoms with Crippen LogP contribution in [-0.2, 0) is 38.1 Å². The van der Waals surface area contributed by atoms with Gasteiger partial charge in [0.1, 0.15) is 24.4 Å². The molecule has 4 rings (SSSR count). The summed E-state index contributed by atoms with van der Waals surface area (Å²) in [4.78, 5) is 49.1. The Balaban J connectivity index is 1.66. The molecule has 0 bridgehead atoms. The molecule has 0 aromatic rings. The Kier molecular flexibility index (Phi) is 4.99. The van der Waals surface area contributed by atoms with Gasteiger partial charge in [0, 0.05) is 24.3 Å². The largest absolute Gasteiger partial charge is 0.459 e. The van der Waals surface area contributed by atoms with Crippen LogP contribution in [0.25, 0.3) is 0 Å². The molecule has 0 radical (unpaired) electrons. The first-order valence-corrected chi connectivity index (χ1v) is 10.3. The Morgan fingerprint density at radius 1 is 1.29 bits per heavy atom. The number of rotatable bonds is 4. The van der Waals surface area contributed by atoms with E-state index < -0.39 is 59.8 Å². The molecular formula is C22H26O9. The van der Waals surface area contributed by atoms with Crippen molar-refractivity contribution >= 4 is 23.9 Å². The fourth-order valence-corrected chi connectivity index (χ4v) is 5.34. The average molecular weight is 434 g/mol. The Bertz CT molecular complexity index is 901. The van der Waals surface area contributed by atoms with E-state index in [2.05, 4.69) is 6.58 Å². The number of carbonyl (C=O) groups is 4. The van der Waals surface area contributed by atoms with Crippen LogP contribution in [-0.4, -0.2) is 59.0 Å². The number of hydrogen-bond donors (Lipinski definition) is 1. The maximum absolute atomic E-state index is 12.9. The third-order valence-electron chi connectivity index (χ3n) is 7.07. The van der Waals surface area contributed by atoms with Gasteiger partial charge >= 0.3 is 23.9 Å². The van der Waals surface area contributed by atoms with Gasteiger partial charge in [0.05, 0.1) is 11.8 Å². The predicted molar refractivity (Wildman–Crippen MR) is 103 cm³/mol. The average Bonchev–Trinajstić information content (AvgIpc) is 3.19. The highest BCUT2D eigenvalue weighted by atomic mass is 16.6. The van der Waals surface area contributed by atoms with Gasteiger partial charge in [0.2, 0.25) is 0 Å². The van der Waals surface area contributed by atoms with E-state index in [0.717, 1.165) is 12.5 Å². The second-order valence-corrected chi connectivity index (χ2v) is 9.02. The molecule has 2 aliphatic heterocycles. The van der Waals surface area contributed by atoms with Crippen molar-refractivity contribution < 1.29 is 43.2 Å². The first-order chi connectivity index (χ1) is 14.4. The predicted octanol–water partition coefficient (Wildman–Crippen LogP) is 0.836. The lowest BCUT2D eigenvalue weighted by Gasteiger charge is -2.32. The minimum atomic E-state index is -2.14. The smallest absolute Gasteiger partial charge is 0.342 e. The van der Waals surface area contributed by atoms with Gasteiger partial charge in [-0.3, -0.25) is 9.59 Å². The van der Waals surface area contributed by atoms with E-state index in [9.17, 15) is 24.3 Å². The van der Waals surface area contributed by atoms with Crippen LogP contribution < -0.4 is 0 Å². The normalized spacial score (nSPS) is 38.7. The van der Waals surface area contributed by atoms with E-state index >= 15 is 0 Å². The highest BCUT2D eigenvalue weighted by molar-refractivity contribution is 5.91. The van der Waals surface area contributed by atoms with Crippen molar-refractivity contribution in [3.8, 4) is 0 Å². The minimum Gasteiger partial charge on any atom is -0.459 e. The van der Waals surface area contributed by atoms with Crippen molar-refractivity contribution in [2.45, 2.75) is 64.1 Å². The van der Waals surface area contributed by atoms with E-state index in [1.807, 2.05) is 13.0 Å². The summed E-state index contributed by atoms with van der Waals surface area (Å²) in [5.74, 6) is -4.33. The quantitative estimate of drug-likeness (QED) is 0.296. The Labute approximate surface area is 179 Å². The van der Waals surface area contributed by atoms with Gasteiger partial charge in [0.25, 0.3) is 0 Å². The summed E-state index contributed by atoms with van der Waals surface area (Å²) in [5, 5.41) is 10.7. The van der Waals surface area contributed by atoms with Crippen LogP contribution in [0.3, 0.4) is 0 Å². The zero-order chi connectivity index (χ0) is 22.8. The molecule has 9 nitrogen and oxygen atoms in total. The van der Waals surface area contributed by atoms with E-state index in [4.69, 9.17) is 18.9 Å². The van der Waals surface area contributed by atoms with Crippen LogP contribution in [0.15, 0.2) is 23.8 Å². The molecule has 9 atom stereocenters. The first kappa shape index (κ1) is 21.5. The molecule has 2 aliphatic carbocycles. The van der Waals surface area contributed by atoms with Gasteiger partial charge in [-0.1, -0.05) is 12.2 Å². The van der Waals surface area contributed by atoms with Crippen molar-refractivity contribution in [2.24, 2.45) is 23.7 Å². The number of hydrogen-bond acceptors (Lipinski definition) is 9. The van der Waals surface area contributed by atoms with Crippen molar-refractivity contribution in [2.75, 3.05) is 0 Å². The minimum absolute atomic E-state index is 0.109. The van der Waals surface area contributed by atoms with Crippen LogP contribution in [0, 0.1) is 23.7 Å². The summed E-state index contributed by atoms with van der Waals surface area (Å²) in [5.41, 5.74) is -1.02. The first-order valence-electron chi connectivity index (χ1n) is 10.3. The van der Waals surface area contributed by atoms with E-state index in [1.54, 1.807) is 0 Å². The van der Waals surface area contributed by atoms with Crippen molar-refractivity contribution in [1.29, 1.82) is 0 Å². The van der Waals surface area contributed by atoms with Gasteiger partial charge in [-0.25, -0.2) is 9.59 Å². The second kappa shape index (κ2) is 7.19. The van der Waals surface area contributed by atoms with Gasteiger partial charge < -0.3 is 24.1 Å². The molecule has 3 fully saturated rings. The lowest BCUT2D eigenvalue weighted by atomic mass is 9.78. The summed E-state index contributed by atoms with van der Waals surface area (Å²) in [6.45, 7) is 9.46. The summed E-state index contributed by atoms with van der Waals surface area (Å²) < 4.78 is 21.8. The summed E-state index contributed by atoms with van der Waals surface area (Å²) >= 11 is 0. The third-order valence-corrected chi connectivity index (χ3v) is 7.07. The van der Waals surface area contributed by atoms with Crippen LogP contribution >= 0.6 is 0 Å². The lowest BCUT2D eigenvalue weighted by Crippen LogP contribution is -2.50. The molecule has 9 heteroatoms. The van der Waals surface area contributed by atoms with Crippen LogP contribution in [0.5, 0.6) is 0 Å². The van der Waals surface area contributed by atoms with Crippen molar-refractivity contribution in [3.63, 3.8) is 0 Å². The van der Waals surface area contributed by atoms with Crippen LogP contribution in [0.1, 0.15) is 34.1 Å². The van der Waals surface area contributed by atoms with Crippen LogP contribution in [0.4, 0.5) is 0 Å². The maximum atomic E-state index is 12.9. The standard InChI is InChI=1S/C22H26O9/c1-8-6-13-17-12(20(25)29-13)7-14(16-9(2)19(24)31-18(16)15(8)17)30-21(26)22(5,27)10(3)28-11(4)23/h6,10,12-18,27H,2,7H2,1,3-5H3. The monoisotopic (exact) mass is 434 g/mol. The molecule has 0 aromatic carbocycles. The molecule has 1 saturated carbocycles. The van der Waals surface area contributed by atoms with Gasteiger partial charge in [0.15, 0.2) is 5.60 Å².